The molecule has 0 saturated carbocycles. The zero-order valence-electron chi connectivity index (χ0n) is 7.34. The lowest BCUT2D eigenvalue weighted by molar-refractivity contribution is -0.384. The Balaban J connectivity index is 2.36. The summed E-state index contributed by atoms with van der Waals surface area (Å²) in [6.07, 6.45) is 0. The highest BCUT2D eigenvalue weighted by Crippen LogP contribution is 2.32. The Bertz CT molecular complexity index is 549. The molecule has 0 fully saturated rings. The maximum atomic E-state index is 11.0. The van der Waals surface area contributed by atoms with E-state index in [0.717, 1.165) is 0 Å². The van der Waals surface area contributed by atoms with Gasteiger partial charge in [-0.3, -0.25) is 14.9 Å². The summed E-state index contributed by atoms with van der Waals surface area (Å²) in [6.45, 7) is 0. The number of benzene rings is 1. The maximum Gasteiger partial charge on any atom is 0.269 e. The van der Waals surface area contributed by atoms with Crippen LogP contribution in [0.2, 0.25) is 0 Å². The van der Waals surface area contributed by atoms with E-state index in [1.807, 2.05) is 0 Å². The molecule has 0 heterocycles. The minimum absolute atomic E-state index is 0.0620. The van der Waals surface area contributed by atoms with Crippen LogP contribution in [-0.2, 0) is 0 Å². The fourth-order valence-corrected chi connectivity index (χ4v) is 1.27. The minimum Gasteiger partial charge on any atom is -0.287 e. The zero-order chi connectivity index (χ0) is 11.0. The molecule has 0 aliphatic rings. The van der Waals surface area contributed by atoms with Crippen LogP contribution in [-0.4, -0.2) is 4.92 Å². The number of hydrogen-bond acceptors (Lipinski definition) is 5. The number of nitrogens with zero attached hydrogens (tertiary/aromatic N) is 2. The minimum atomic E-state index is -0.536. The van der Waals surface area contributed by atoms with Crippen molar-refractivity contribution in [3.63, 3.8) is 0 Å². The molecule has 15 heavy (non-hydrogen) atoms. The van der Waals surface area contributed by atoms with E-state index in [2.05, 4.69) is 5.18 Å². The van der Waals surface area contributed by atoms with Crippen LogP contribution in [0.4, 0.5) is 11.4 Å². The van der Waals surface area contributed by atoms with Crippen LogP contribution in [0.5, 0.6) is 0 Å². The second kappa shape index (κ2) is 3.09. The van der Waals surface area contributed by atoms with Gasteiger partial charge in [-0.05, 0) is 22.9 Å². The molecule has 6 nitrogen and oxygen atoms in total. The molecule has 2 aromatic carbocycles. The van der Waals surface area contributed by atoms with Crippen LogP contribution >= 0.6 is 0 Å². The van der Waals surface area contributed by atoms with Gasteiger partial charge < -0.3 is 0 Å². The standard InChI is InChI=1S/C9H4N2O4/c12-9-7(8(9)10-13)5-1-3-6(4-2-5)11(14)15/h1-4H. The van der Waals surface area contributed by atoms with E-state index in [9.17, 15) is 19.8 Å². The van der Waals surface area contributed by atoms with Gasteiger partial charge in [0.05, 0.1) is 10.5 Å². The molecule has 74 valence electrons. The number of hydrogen-bond donors (Lipinski definition) is 0. The Hall–Kier alpha value is -2.37. The molecule has 0 unspecified atom stereocenters. The van der Waals surface area contributed by atoms with Gasteiger partial charge >= 0.3 is 0 Å². The van der Waals surface area contributed by atoms with E-state index in [0.29, 0.717) is 5.56 Å². The lowest BCUT2D eigenvalue weighted by Crippen LogP contribution is -1.86. The number of nitro benzene ring substituents is 1. The molecule has 6 heteroatoms. The van der Waals surface area contributed by atoms with Crippen molar-refractivity contribution in [1.29, 1.82) is 0 Å². The summed E-state index contributed by atoms with van der Waals surface area (Å²) in [6, 6.07) is 5.39. The van der Waals surface area contributed by atoms with Crippen molar-refractivity contribution < 1.29 is 4.92 Å². The monoisotopic (exact) mass is 204 g/mol. The van der Waals surface area contributed by atoms with Gasteiger partial charge in [0.1, 0.15) is 0 Å². The first-order chi connectivity index (χ1) is 7.15. The summed E-state index contributed by atoms with van der Waals surface area (Å²) in [5, 5.41) is 12.9. The fraction of sp³-hybridized carbons (Fsp3) is 0. The Labute approximate surface area is 83.0 Å². The third kappa shape index (κ3) is 1.41. The molecule has 0 aliphatic heterocycles. The largest absolute Gasteiger partial charge is 0.287 e. The predicted molar refractivity (Wildman–Crippen MR) is 52.6 cm³/mol. The van der Waals surface area contributed by atoms with E-state index in [1.165, 1.54) is 24.3 Å². The third-order valence-corrected chi connectivity index (χ3v) is 2.07. The smallest absolute Gasteiger partial charge is 0.269 e. The highest BCUT2D eigenvalue weighted by molar-refractivity contribution is 5.87. The van der Waals surface area contributed by atoms with Gasteiger partial charge in [0, 0.05) is 12.1 Å². The van der Waals surface area contributed by atoms with Crippen LogP contribution in [0.1, 0.15) is 0 Å². The summed E-state index contributed by atoms with van der Waals surface area (Å²) < 4.78 is 0. The van der Waals surface area contributed by atoms with Crippen molar-refractivity contribution in [3.8, 4) is 11.1 Å². The average Bonchev–Trinajstić information content (AvgIpc) is 2.89. The van der Waals surface area contributed by atoms with Gasteiger partial charge in [0.2, 0.25) is 5.43 Å². The fourth-order valence-electron chi connectivity index (χ4n) is 1.27. The molecule has 0 radical (unpaired) electrons. The highest BCUT2D eigenvalue weighted by Gasteiger charge is 2.25. The van der Waals surface area contributed by atoms with E-state index < -0.39 is 4.92 Å². The molecule has 2 aromatic rings. The first-order valence-corrected chi connectivity index (χ1v) is 4.02. The van der Waals surface area contributed by atoms with Gasteiger partial charge in [0.15, 0.2) is 5.69 Å². The molecule has 0 atom stereocenters. The Morgan fingerprint density at radius 2 is 1.80 bits per heavy atom. The number of nitro groups is 1. The van der Waals surface area contributed by atoms with Crippen molar-refractivity contribution in [1.82, 2.24) is 0 Å². The van der Waals surface area contributed by atoms with Gasteiger partial charge in [-0.2, -0.15) is 0 Å². The number of rotatable bonds is 3. The maximum absolute atomic E-state index is 11.0. The third-order valence-electron chi connectivity index (χ3n) is 2.07. The van der Waals surface area contributed by atoms with Crippen LogP contribution in [0.15, 0.2) is 34.2 Å². The first-order valence-electron chi connectivity index (χ1n) is 4.02. The predicted octanol–water partition coefficient (Wildman–Crippen LogP) is 1.90. The first kappa shape index (κ1) is 9.20. The lowest BCUT2D eigenvalue weighted by atomic mass is 10.2. The molecule has 0 aromatic heterocycles. The zero-order valence-corrected chi connectivity index (χ0v) is 7.34. The van der Waals surface area contributed by atoms with Crippen molar-refractivity contribution in [2.75, 3.05) is 0 Å². The normalized spacial score (nSPS) is 10.4. The van der Waals surface area contributed by atoms with Crippen LogP contribution in [0, 0.1) is 15.0 Å². The Kier molecular flexibility index (Phi) is 1.89. The summed E-state index contributed by atoms with van der Waals surface area (Å²) >= 11 is 0. The Morgan fingerprint density at radius 1 is 1.20 bits per heavy atom. The second-order valence-electron chi connectivity index (χ2n) is 2.95. The molecule has 2 rings (SSSR count). The molecule has 0 saturated heterocycles. The van der Waals surface area contributed by atoms with Crippen LogP contribution < -0.4 is 5.43 Å². The number of non-ortho nitro benzene ring substituents is 1. The molecule has 0 spiro atoms. The van der Waals surface area contributed by atoms with E-state index in [4.69, 9.17) is 0 Å². The SMILES string of the molecule is O=Nc1c(-c2ccc([N+](=O)[O-])cc2)c1=O. The topological polar surface area (TPSA) is 89.6 Å². The molecular weight excluding hydrogens is 200 g/mol. The van der Waals surface area contributed by atoms with Gasteiger partial charge in [-0.25, -0.2) is 0 Å². The summed E-state index contributed by atoms with van der Waals surface area (Å²) in [5.41, 5.74) is 0.191. The van der Waals surface area contributed by atoms with Crippen molar-refractivity contribution in [2.24, 2.45) is 5.18 Å². The average molecular weight is 204 g/mol. The lowest BCUT2D eigenvalue weighted by Gasteiger charge is -1.92. The Morgan fingerprint density at radius 3 is 2.20 bits per heavy atom. The van der Waals surface area contributed by atoms with Crippen LogP contribution in [0.25, 0.3) is 11.1 Å². The quantitative estimate of drug-likeness (QED) is 0.433. The molecule has 0 bridgehead atoms. The van der Waals surface area contributed by atoms with Crippen molar-refractivity contribution in [3.05, 3.63) is 49.5 Å². The second-order valence-corrected chi connectivity index (χ2v) is 2.95. The van der Waals surface area contributed by atoms with E-state index >= 15 is 0 Å². The van der Waals surface area contributed by atoms with Gasteiger partial charge in [-0.15, -0.1) is 4.91 Å². The van der Waals surface area contributed by atoms with Gasteiger partial charge in [-0.1, -0.05) is 0 Å². The summed E-state index contributed by atoms with van der Waals surface area (Å²) in [7, 11) is 0. The molecule has 0 N–H and O–H groups in total. The number of nitroso groups, excluding NO2 is 1. The van der Waals surface area contributed by atoms with Crippen molar-refractivity contribution in [2.45, 2.75) is 0 Å². The van der Waals surface area contributed by atoms with Crippen LogP contribution in [0.3, 0.4) is 0 Å². The van der Waals surface area contributed by atoms with Crippen molar-refractivity contribution >= 4 is 11.4 Å². The summed E-state index contributed by atoms with van der Waals surface area (Å²) in [5.74, 6) is 0. The van der Waals surface area contributed by atoms with E-state index in [-0.39, 0.29) is 22.4 Å². The molecule has 0 aliphatic carbocycles. The van der Waals surface area contributed by atoms with E-state index in [1.54, 1.807) is 0 Å². The van der Waals surface area contributed by atoms with Gasteiger partial charge in [0.25, 0.3) is 5.69 Å². The highest BCUT2D eigenvalue weighted by atomic mass is 16.6. The molecular formula is C9H4N2O4. The summed E-state index contributed by atoms with van der Waals surface area (Å²) in [4.78, 5) is 30.9. The molecule has 0 amide bonds.